The van der Waals surface area contributed by atoms with Gasteiger partial charge in [-0.05, 0) is 61.2 Å². The van der Waals surface area contributed by atoms with Gasteiger partial charge in [0, 0.05) is 6.08 Å². The number of aryl methyl sites for hydroxylation is 1. The number of amides is 1. The molecule has 4 nitrogen and oxygen atoms in total. The van der Waals surface area contributed by atoms with Crippen molar-refractivity contribution in [1.29, 1.82) is 0 Å². The lowest BCUT2D eigenvalue weighted by molar-refractivity contribution is -0.111. The van der Waals surface area contributed by atoms with Gasteiger partial charge in [-0.2, -0.15) is 0 Å². The summed E-state index contributed by atoms with van der Waals surface area (Å²) in [6, 6.07) is 25.4. The Kier molecular flexibility index (Phi) is 8.10. The summed E-state index contributed by atoms with van der Waals surface area (Å²) in [6.07, 6.45) is 5.15. The Labute approximate surface area is 178 Å². The second-order valence-corrected chi connectivity index (χ2v) is 6.76. The Bertz CT molecular complexity index is 950. The van der Waals surface area contributed by atoms with E-state index in [0.29, 0.717) is 24.7 Å². The molecule has 154 valence electrons. The van der Waals surface area contributed by atoms with Crippen molar-refractivity contribution in [2.45, 2.75) is 19.8 Å². The minimum absolute atomic E-state index is 0.204. The van der Waals surface area contributed by atoms with Crippen LogP contribution in [0.25, 0.3) is 6.08 Å². The van der Waals surface area contributed by atoms with Crippen LogP contribution in [-0.2, 0) is 11.2 Å². The van der Waals surface area contributed by atoms with E-state index in [4.69, 9.17) is 9.47 Å². The van der Waals surface area contributed by atoms with E-state index in [2.05, 4.69) is 17.4 Å². The third kappa shape index (κ3) is 6.82. The van der Waals surface area contributed by atoms with Crippen molar-refractivity contribution >= 4 is 17.7 Å². The van der Waals surface area contributed by atoms with E-state index in [9.17, 15) is 4.79 Å². The van der Waals surface area contributed by atoms with Gasteiger partial charge in [0.15, 0.2) is 0 Å². The standard InChI is InChI=1S/C26H27NO3/c1-2-29-23-17-14-22(15-18-23)16-19-26(28)27-24-12-6-7-13-25(24)30-20-8-11-21-9-4-3-5-10-21/h3-7,9-10,12-19H,2,8,11,20H2,1H3,(H,27,28)/b19-16+. The first-order chi connectivity index (χ1) is 14.7. The van der Waals surface area contributed by atoms with Crippen LogP contribution in [-0.4, -0.2) is 19.1 Å². The van der Waals surface area contributed by atoms with E-state index in [1.807, 2.05) is 73.7 Å². The molecule has 0 aliphatic rings. The maximum absolute atomic E-state index is 12.3. The lowest BCUT2D eigenvalue weighted by Gasteiger charge is -2.11. The van der Waals surface area contributed by atoms with E-state index in [1.54, 1.807) is 6.08 Å². The van der Waals surface area contributed by atoms with Crippen LogP contribution in [0.4, 0.5) is 5.69 Å². The first kappa shape index (κ1) is 21.2. The molecule has 0 saturated heterocycles. The number of benzene rings is 3. The van der Waals surface area contributed by atoms with Gasteiger partial charge in [0.25, 0.3) is 0 Å². The molecule has 1 N–H and O–H groups in total. The summed E-state index contributed by atoms with van der Waals surface area (Å²) < 4.78 is 11.3. The third-order valence-electron chi connectivity index (χ3n) is 4.47. The van der Waals surface area contributed by atoms with Gasteiger partial charge in [0.2, 0.25) is 5.91 Å². The van der Waals surface area contributed by atoms with Gasteiger partial charge in [-0.3, -0.25) is 4.79 Å². The van der Waals surface area contributed by atoms with Gasteiger partial charge in [0.05, 0.1) is 18.9 Å². The second-order valence-electron chi connectivity index (χ2n) is 6.76. The van der Waals surface area contributed by atoms with Crippen LogP contribution in [0.2, 0.25) is 0 Å². The molecule has 30 heavy (non-hydrogen) atoms. The van der Waals surface area contributed by atoms with Gasteiger partial charge >= 0.3 is 0 Å². The summed E-state index contributed by atoms with van der Waals surface area (Å²) in [5.41, 5.74) is 2.89. The number of rotatable bonds is 10. The average molecular weight is 402 g/mol. The Hall–Kier alpha value is -3.53. The largest absolute Gasteiger partial charge is 0.494 e. The van der Waals surface area contributed by atoms with Gasteiger partial charge < -0.3 is 14.8 Å². The maximum Gasteiger partial charge on any atom is 0.248 e. The SMILES string of the molecule is CCOc1ccc(/C=C/C(=O)Nc2ccccc2OCCCc2ccccc2)cc1. The molecule has 0 aliphatic carbocycles. The number of anilines is 1. The van der Waals surface area contributed by atoms with E-state index in [-0.39, 0.29) is 5.91 Å². The van der Waals surface area contributed by atoms with Crippen LogP contribution in [0.1, 0.15) is 24.5 Å². The lowest BCUT2D eigenvalue weighted by atomic mass is 10.1. The molecule has 3 rings (SSSR count). The minimum Gasteiger partial charge on any atom is -0.494 e. The second kappa shape index (κ2) is 11.5. The van der Waals surface area contributed by atoms with Crippen molar-refractivity contribution in [3.63, 3.8) is 0 Å². The monoisotopic (exact) mass is 401 g/mol. The van der Waals surface area contributed by atoms with Gasteiger partial charge in [0.1, 0.15) is 11.5 Å². The smallest absolute Gasteiger partial charge is 0.248 e. The molecular weight excluding hydrogens is 374 g/mol. The number of hydrogen-bond donors (Lipinski definition) is 1. The summed E-state index contributed by atoms with van der Waals surface area (Å²) in [5.74, 6) is 1.29. The molecule has 0 radical (unpaired) electrons. The fourth-order valence-corrected chi connectivity index (χ4v) is 2.99. The van der Waals surface area contributed by atoms with Crippen molar-refractivity contribution in [2.75, 3.05) is 18.5 Å². The van der Waals surface area contributed by atoms with Crippen LogP contribution < -0.4 is 14.8 Å². The van der Waals surface area contributed by atoms with Gasteiger partial charge in [-0.15, -0.1) is 0 Å². The third-order valence-corrected chi connectivity index (χ3v) is 4.47. The van der Waals surface area contributed by atoms with Crippen molar-refractivity contribution in [3.8, 4) is 11.5 Å². The van der Waals surface area contributed by atoms with E-state index >= 15 is 0 Å². The highest BCUT2D eigenvalue weighted by molar-refractivity contribution is 6.02. The topological polar surface area (TPSA) is 47.6 Å². The quantitative estimate of drug-likeness (QED) is 0.348. The number of ether oxygens (including phenoxy) is 2. The molecule has 0 spiro atoms. The molecule has 3 aromatic carbocycles. The highest BCUT2D eigenvalue weighted by atomic mass is 16.5. The van der Waals surface area contributed by atoms with Crippen molar-refractivity contribution in [2.24, 2.45) is 0 Å². The highest BCUT2D eigenvalue weighted by Gasteiger charge is 2.05. The first-order valence-electron chi connectivity index (χ1n) is 10.2. The lowest BCUT2D eigenvalue weighted by Crippen LogP contribution is -2.10. The molecule has 0 unspecified atom stereocenters. The predicted molar refractivity (Wildman–Crippen MR) is 122 cm³/mol. The zero-order valence-corrected chi connectivity index (χ0v) is 17.2. The summed E-state index contributed by atoms with van der Waals surface area (Å²) in [7, 11) is 0. The molecule has 4 heteroatoms. The van der Waals surface area contributed by atoms with E-state index < -0.39 is 0 Å². The highest BCUT2D eigenvalue weighted by Crippen LogP contribution is 2.24. The molecule has 0 heterocycles. The summed E-state index contributed by atoms with van der Waals surface area (Å²) in [4.78, 5) is 12.3. The molecule has 1 amide bonds. The Morgan fingerprint density at radius 3 is 2.40 bits per heavy atom. The fourth-order valence-electron chi connectivity index (χ4n) is 2.99. The van der Waals surface area contributed by atoms with Crippen LogP contribution in [0.3, 0.4) is 0 Å². The number of nitrogens with one attached hydrogen (secondary N) is 1. The molecule has 0 fully saturated rings. The van der Waals surface area contributed by atoms with Crippen molar-refractivity contribution in [1.82, 2.24) is 0 Å². The van der Waals surface area contributed by atoms with E-state index in [1.165, 1.54) is 11.6 Å². The molecule has 0 aliphatic heterocycles. The average Bonchev–Trinajstić information content (AvgIpc) is 2.78. The molecule has 0 aromatic heterocycles. The predicted octanol–water partition coefficient (Wildman–Crippen LogP) is 5.75. The minimum atomic E-state index is -0.204. The molecule has 0 saturated carbocycles. The number of carbonyl (C=O) groups is 1. The summed E-state index contributed by atoms with van der Waals surface area (Å²) in [6.45, 7) is 3.16. The fraction of sp³-hybridized carbons (Fsp3) is 0.192. The van der Waals surface area contributed by atoms with Crippen LogP contribution in [0.15, 0.2) is 84.9 Å². The molecular formula is C26H27NO3. The normalized spacial score (nSPS) is 10.7. The van der Waals surface area contributed by atoms with E-state index in [0.717, 1.165) is 24.2 Å². The van der Waals surface area contributed by atoms with Crippen LogP contribution in [0, 0.1) is 0 Å². The zero-order valence-electron chi connectivity index (χ0n) is 17.2. The van der Waals surface area contributed by atoms with Gasteiger partial charge in [-0.25, -0.2) is 0 Å². The number of carbonyl (C=O) groups excluding carboxylic acids is 1. The number of para-hydroxylation sites is 2. The maximum atomic E-state index is 12.3. The Morgan fingerprint density at radius 1 is 0.900 bits per heavy atom. The summed E-state index contributed by atoms with van der Waals surface area (Å²) >= 11 is 0. The molecule has 0 atom stereocenters. The summed E-state index contributed by atoms with van der Waals surface area (Å²) in [5, 5.41) is 2.90. The zero-order chi connectivity index (χ0) is 21.0. The molecule has 3 aromatic rings. The van der Waals surface area contributed by atoms with Crippen molar-refractivity contribution < 1.29 is 14.3 Å². The van der Waals surface area contributed by atoms with Gasteiger partial charge in [-0.1, -0.05) is 54.6 Å². The Morgan fingerprint density at radius 2 is 1.63 bits per heavy atom. The number of hydrogen-bond acceptors (Lipinski definition) is 3. The van der Waals surface area contributed by atoms with Crippen LogP contribution >= 0.6 is 0 Å². The Balaban J connectivity index is 1.51. The first-order valence-corrected chi connectivity index (χ1v) is 10.2. The molecule has 0 bridgehead atoms. The van der Waals surface area contributed by atoms with Crippen LogP contribution in [0.5, 0.6) is 11.5 Å². The van der Waals surface area contributed by atoms with Crippen molar-refractivity contribution in [3.05, 3.63) is 96.1 Å².